The first kappa shape index (κ1) is 17.2. The van der Waals surface area contributed by atoms with Gasteiger partial charge in [0.15, 0.2) is 6.54 Å². The van der Waals surface area contributed by atoms with Gasteiger partial charge in [-0.2, -0.15) is 0 Å². The lowest BCUT2D eigenvalue weighted by molar-refractivity contribution is -0.676. The minimum absolute atomic E-state index is 0.0522. The van der Waals surface area contributed by atoms with E-state index in [-0.39, 0.29) is 18.5 Å². The number of aryl methyl sites for hydroxylation is 1. The van der Waals surface area contributed by atoms with Gasteiger partial charge in [0.2, 0.25) is 0 Å². The van der Waals surface area contributed by atoms with E-state index in [0.717, 1.165) is 12.0 Å². The van der Waals surface area contributed by atoms with Gasteiger partial charge in [0.1, 0.15) is 6.04 Å². The Balaban J connectivity index is 2.09. The van der Waals surface area contributed by atoms with Crippen molar-refractivity contribution in [2.45, 2.75) is 19.4 Å². The molecule has 23 heavy (non-hydrogen) atoms. The van der Waals surface area contributed by atoms with Crippen LogP contribution in [0.15, 0.2) is 41.8 Å². The smallest absolute Gasteiger partial charge is 0.321 e. The van der Waals surface area contributed by atoms with Gasteiger partial charge in [-0.25, -0.2) is 4.79 Å². The minimum Gasteiger partial charge on any atom is -0.341 e. The van der Waals surface area contributed by atoms with E-state index in [1.54, 1.807) is 11.3 Å². The van der Waals surface area contributed by atoms with Crippen LogP contribution in [-0.2, 0) is 11.2 Å². The predicted molar refractivity (Wildman–Crippen MR) is 91.4 cm³/mol. The molecule has 0 aliphatic heterocycles. The number of carbonyl (C=O) groups is 2. The molecule has 0 spiro atoms. The normalized spacial score (nSPS) is 11.7. The zero-order valence-corrected chi connectivity index (χ0v) is 14.2. The summed E-state index contributed by atoms with van der Waals surface area (Å²) < 4.78 is 0. The molecule has 0 saturated carbocycles. The van der Waals surface area contributed by atoms with Crippen molar-refractivity contribution in [1.82, 2.24) is 10.6 Å². The highest BCUT2D eigenvalue weighted by molar-refractivity contribution is 7.10. The average molecular weight is 332 g/mol. The molecule has 0 radical (unpaired) electrons. The molecule has 122 valence electrons. The van der Waals surface area contributed by atoms with E-state index in [1.165, 1.54) is 17.5 Å². The Kier molecular flexibility index (Phi) is 6.31. The number of amides is 3. The number of hydrogen-bond acceptors (Lipinski definition) is 3. The SMILES string of the molecule is CCc1ccc([C@H]([NH2+]CC(=O)NC(=O)NC)c2cccs2)cc1. The molecular weight excluding hydrogens is 310 g/mol. The van der Waals surface area contributed by atoms with Crippen LogP contribution in [0.1, 0.15) is 29.0 Å². The molecule has 2 rings (SSSR count). The first-order valence-corrected chi connectivity index (χ1v) is 8.49. The number of nitrogens with two attached hydrogens (primary N) is 1. The van der Waals surface area contributed by atoms with Gasteiger partial charge in [-0.15, -0.1) is 11.3 Å². The Morgan fingerprint density at radius 1 is 1.22 bits per heavy atom. The van der Waals surface area contributed by atoms with Gasteiger partial charge in [-0.1, -0.05) is 37.3 Å². The number of nitrogens with one attached hydrogen (secondary N) is 2. The molecule has 3 amide bonds. The molecule has 6 heteroatoms. The largest absolute Gasteiger partial charge is 0.341 e. The van der Waals surface area contributed by atoms with Gasteiger partial charge in [0, 0.05) is 12.6 Å². The van der Waals surface area contributed by atoms with Crippen LogP contribution in [-0.4, -0.2) is 25.5 Å². The summed E-state index contributed by atoms with van der Waals surface area (Å²) in [6.45, 7) is 2.31. The molecule has 0 aliphatic carbocycles. The molecule has 1 aromatic carbocycles. The predicted octanol–water partition coefficient (Wildman–Crippen LogP) is 1.42. The van der Waals surface area contributed by atoms with Crippen molar-refractivity contribution in [3.05, 3.63) is 57.8 Å². The lowest BCUT2D eigenvalue weighted by Crippen LogP contribution is -2.87. The van der Waals surface area contributed by atoms with Crippen LogP contribution in [0.5, 0.6) is 0 Å². The number of urea groups is 1. The second kappa shape index (κ2) is 8.45. The van der Waals surface area contributed by atoms with Crippen molar-refractivity contribution in [1.29, 1.82) is 0 Å². The molecular formula is C17H22N3O2S+. The summed E-state index contributed by atoms with van der Waals surface area (Å²) in [4.78, 5) is 24.2. The van der Waals surface area contributed by atoms with E-state index < -0.39 is 6.03 Å². The lowest BCUT2D eigenvalue weighted by Gasteiger charge is -2.15. The molecule has 1 aromatic heterocycles. The summed E-state index contributed by atoms with van der Waals surface area (Å²) >= 11 is 1.66. The standard InChI is InChI=1S/C17H21N3O2S/c1-3-12-6-8-13(9-7-12)16(14-5-4-10-23-14)19-11-15(21)20-17(22)18-2/h4-10,16,19H,3,11H2,1-2H3,(H2,18,20,21,22)/p+1/t16-/m0/s1. The van der Waals surface area contributed by atoms with Crippen LogP contribution < -0.4 is 16.0 Å². The average Bonchev–Trinajstić information content (AvgIpc) is 3.09. The van der Waals surface area contributed by atoms with Crippen molar-refractivity contribution in [3.8, 4) is 0 Å². The van der Waals surface area contributed by atoms with E-state index in [0.29, 0.717) is 0 Å². The quantitative estimate of drug-likeness (QED) is 0.748. The van der Waals surface area contributed by atoms with Crippen molar-refractivity contribution in [3.63, 3.8) is 0 Å². The second-order valence-corrected chi connectivity index (χ2v) is 6.13. The maximum Gasteiger partial charge on any atom is 0.321 e. The molecule has 5 nitrogen and oxygen atoms in total. The van der Waals surface area contributed by atoms with E-state index in [4.69, 9.17) is 0 Å². The fourth-order valence-corrected chi connectivity index (χ4v) is 3.16. The summed E-state index contributed by atoms with van der Waals surface area (Å²) in [6, 6.07) is 12.1. The highest BCUT2D eigenvalue weighted by Crippen LogP contribution is 2.23. The highest BCUT2D eigenvalue weighted by atomic mass is 32.1. The van der Waals surface area contributed by atoms with Crippen LogP contribution in [0, 0.1) is 0 Å². The number of rotatable bonds is 6. The maximum absolute atomic E-state index is 11.8. The summed E-state index contributed by atoms with van der Waals surface area (Å²) in [7, 11) is 1.48. The fraction of sp³-hybridized carbons (Fsp3) is 0.294. The van der Waals surface area contributed by atoms with Gasteiger partial charge in [-0.3, -0.25) is 10.1 Å². The van der Waals surface area contributed by atoms with Gasteiger partial charge in [0.05, 0.1) is 4.88 Å². The Morgan fingerprint density at radius 2 is 1.96 bits per heavy atom. The third-order valence-corrected chi connectivity index (χ3v) is 4.57. The summed E-state index contributed by atoms with van der Waals surface area (Å²) in [5.74, 6) is -0.309. The van der Waals surface area contributed by atoms with Crippen molar-refractivity contribution >= 4 is 23.3 Å². The summed E-state index contributed by atoms with van der Waals surface area (Å²) in [5, 5.41) is 8.63. The topological polar surface area (TPSA) is 74.8 Å². The Morgan fingerprint density at radius 3 is 2.52 bits per heavy atom. The highest BCUT2D eigenvalue weighted by Gasteiger charge is 2.20. The fourth-order valence-electron chi connectivity index (χ4n) is 2.31. The molecule has 0 bridgehead atoms. The van der Waals surface area contributed by atoms with Crippen molar-refractivity contribution in [2.24, 2.45) is 0 Å². The monoisotopic (exact) mass is 332 g/mol. The van der Waals surface area contributed by atoms with Crippen molar-refractivity contribution < 1.29 is 14.9 Å². The molecule has 0 unspecified atom stereocenters. The molecule has 4 N–H and O–H groups in total. The van der Waals surface area contributed by atoms with E-state index in [9.17, 15) is 9.59 Å². The number of quaternary nitrogens is 1. The number of hydrogen-bond donors (Lipinski definition) is 3. The van der Waals surface area contributed by atoms with Crippen LogP contribution in [0.4, 0.5) is 4.79 Å². The van der Waals surface area contributed by atoms with Crippen LogP contribution in [0.3, 0.4) is 0 Å². The molecule has 2 aromatic rings. The van der Waals surface area contributed by atoms with Gasteiger partial charge < -0.3 is 10.6 Å². The van der Waals surface area contributed by atoms with Gasteiger partial charge in [-0.05, 0) is 23.4 Å². The van der Waals surface area contributed by atoms with E-state index >= 15 is 0 Å². The van der Waals surface area contributed by atoms with Crippen molar-refractivity contribution in [2.75, 3.05) is 13.6 Å². The zero-order chi connectivity index (χ0) is 16.7. The Hall–Kier alpha value is -2.18. The third kappa shape index (κ3) is 4.91. The first-order valence-electron chi connectivity index (χ1n) is 7.61. The van der Waals surface area contributed by atoms with Gasteiger partial charge in [0.25, 0.3) is 5.91 Å². The maximum atomic E-state index is 11.8. The molecule has 0 aliphatic rings. The second-order valence-electron chi connectivity index (χ2n) is 5.16. The van der Waals surface area contributed by atoms with E-state index in [2.05, 4.69) is 47.9 Å². The molecule has 0 fully saturated rings. The number of benzene rings is 1. The van der Waals surface area contributed by atoms with Crippen LogP contribution in [0.25, 0.3) is 0 Å². The first-order chi connectivity index (χ1) is 11.1. The number of carbonyl (C=O) groups excluding carboxylic acids is 2. The Labute approximate surface area is 140 Å². The number of thiophene rings is 1. The number of imide groups is 1. The Bertz CT molecular complexity index is 638. The third-order valence-electron chi connectivity index (χ3n) is 3.62. The molecule has 0 saturated heterocycles. The zero-order valence-electron chi connectivity index (χ0n) is 13.3. The molecule has 1 atom stereocenters. The van der Waals surface area contributed by atoms with Crippen LogP contribution in [0.2, 0.25) is 0 Å². The summed E-state index contributed by atoms with van der Waals surface area (Å²) in [5.41, 5.74) is 2.44. The summed E-state index contributed by atoms with van der Waals surface area (Å²) in [6.07, 6.45) is 1.00. The van der Waals surface area contributed by atoms with Gasteiger partial charge >= 0.3 is 6.03 Å². The lowest BCUT2D eigenvalue weighted by atomic mass is 10.0. The van der Waals surface area contributed by atoms with Crippen LogP contribution >= 0.6 is 11.3 Å². The van der Waals surface area contributed by atoms with E-state index in [1.807, 2.05) is 16.8 Å². The molecule has 1 heterocycles. The minimum atomic E-state index is -0.483.